The summed E-state index contributed by atoms with van der Waals surface area (Å²) in [6.07, 6.45) is -4.89. The average molecular weight is 579 g/mol. The maximum absolute atomic E-state index is 14.8. The third kappa shape index (κ3) is 5.32. The molecule has 2 aromatic rings. The Kier molecular flexibility index (Phi) is 7.53. The monoisotopic (exact) mass is 578 g/mol. The van der Waals surface area contributed by atoms with Gasteiger partial charge in [-0.3, -0.25) is 4.79 Å². The third-order valence-corrected chi connectivity index (χ3v) is 6.83. The second-order valence-corrected chi connectivity index (χ2v) is 9.19. The highest BCUT2D eigenvalue weighted by atomic mass is 79.9. The molecular formula is C23H20BrF5N2O5. The molecule has 2 heterocycles. The van der Waals surface area contributed by atoms with Gasteiger partial charge in [-0.2, -0.15) is 13.2 Å². The summed E-state index contributed by atoms with van der Waals surface area (Å²) < 4.78 is 80.8. The summed E-state index contributed by atoms with van der Waals surface area (Å²) in [5.41, 5.74) is 0.686. The van der Waals surface area contributed by atoms with E-state index in [1.807, 2.05) is 0 Å². The van der Waals surface area contributed by atoms with Gasteiger partial charge in [0.15, 0.2) is 0 Å². The van der Waals surface area contributed by atoms with Crippen LogP contribution >= 0.6 is 15.9 Å². The number of morpholine rings is 1. The molecule has 2 aliphatic heterocycles. The molecule has 0 spiro atoms. The van der Waals surface area contributed by atoms with Crippen LogP contribution in [0.4, 0.5) is 27.6 Å². The van der Waals surface area contributed by atoms with Gasteiger partial charge < -0.3 is 24.8 Å². The van der Waals surface area contributed by atoms with Gasteiger partial charge in [-0.1, -0.05) is 22.0 Å². The number of benzene rings is 2. The first-order valence-electron chi connectivity index (χ1n) is 10.8. The van der Waals surface area contributed by atoms with Crippen molar-refractivity contribution in [3.05, 3.63) is 62.6 Å². The molecule has 0 saturated carbocycles. The van der Waals surface area contributed by atoms with Crippen LogP contribution in [0, 0.1) is 11.6 Å². The van der Waals surface area contributed by atoms with E-state index in [-0.39, 0.29) is 26.2 Å². The van der Waals surface area contributed by atoms with Crippen molar-refractivity contribution < 1.29 is 46.1 Å². The third-order valence-electron chi connectivity index (χ3n) is 6.08. The summed E-state index contributed by atoms with van der Waals surface area (Å²) in [7, 11) is 0. The Hall–Kier alpha value is -2.77. The predicted molar refractivity (Wildman–Crippen MR) is 120 cm³/mol. The molecule has 0 aliphatic carbocycles. The van der Waals surface area contributed by atoms with E-state index < -0.39 is 59.6 Å². The predicted octanol–water partition coefficient (Wildman–Crippen LogP) is 3.95. The highest BCUT2D eigenvalue weighted by Crippen LogP contribution is 2.33. The number of hydrogen-bond acceptors (Lipinski definition) is 5. The van der Waals surface area contributed by atoms with Gasteiger partial charge in [-0.05, 0) is 34.9 Å². The fraction of sp³-hybridized carbons (Fsp3) is 0.391. The number of aliphatic carboxylic acids is 1. The van der Waals surface area contributed by atoms with Crippen LogP contribution in [0.25, 0.3) is 0 Å². The fourth-order valence-corrected chi connectivity index (χ4v) is 4.76. The Labute approximate surface area is 210 Å². The van der Waals surface area contributed by atoms with Crippen LogP contribution < -0.4 is 10.2 Å². The molecule has 36 heavy (non-hydrogen) atoms. The van der Waals surface area contributed by atoms with E-state index in [2.05, 4.69) is 21.2 Å². The smallest absolute Gasteiger partial charge is 0.411 e. The molecule has 13 heteroatoms. The number of alkyl halides is 3. The number of anilines is 1. The fourth-order valence-electron chi connectivity index (χ4n) is 4.27. The number of carbonyl (C=O) groups is 2. The maximum atomic E-state index is 14.8. The topological polar surface area (TPSA) is 88.1 Å². The van der Waals surface area contributed by atoms with Crippen molar-refractivity contribution >= 4 is 33.5 Å². The zero-order valence-corrected chi connectivity index (χ0v) is 20.1. The molecule has 0 bridgehead atoms. The van der Waals surface area contributed by atoms with Crippen molar-refractivity contribution in [1.82, 2.24) is 5.32 Å². The first-order valence-corrected chi connectivity index (χ1v) is 11.6. The lowest BCUT2D eigenvalue weighted by molar-refractivity contribution is -0.167. The average Bonchev–Trinajstić information content (AvgIpc) is 3.30. The molecule has 7 nitrogen and oxygen atoms in total. The minimum absolute atomic E-state index is 0.0802. The van der Waals surface area contributed by atoms with Crippen molar-refractivity contribution in [3.8, 4) is 0 Å². The van der Waals surface area contributed by atoms with Crippen LogP contribution in [-0.4, -0.2) is 55.0 Å². The molecular weight excluding hydrogens is 559 g/mol. The number of nitrogens with zero attached hydrogens (tertiary/aromatic N) is 1. The number of rotatable bonds is 6. The summed E-state index contributed by atoms with van der Waals surface area (Å²) >= 11 is 3.39. The molecule has 1 saturated heterocycles. The summed E-state index contributed by atoms with van der Waals surface area (Å²) in [5, 5.41) is 11.7. The molecule has 2 atom stereocenters. The van der Waals surface area contributed by atoms with Gasteiger partial charge in [-0.15, -0.1) is 0 Å². The number of nitrogens with one attached hydrogen (secondary N) is 1. The Bertz CT molecular complexity index is 1170. The Morgan fingerprint density at radius 2 is 1.81 bits per heavy atom. The number of amides is 1. The van der Waals surface area contributed by atoms with Gasteiger partial charge in [0, 0.05) is 23.1 Å². The van der Waals surface area contributed by atoms with Crippen LogP contribution in [0.3, 0.4) is 0 Å². The Balaban J connectivity index is 1.56. The van der Waals surface area contributed by atoms with Crippen molar-refractivity contribution in [2.45, 2.75) is 37.9 Å². The van der Waals surface area contributed by atoms with Crippen LogP contribution in [0.1, 0.15) is 27.0 Å². The first-order chi connectivity index (χ1) is 17.0. The summed E-state index contributed by atoms with van der Waals surface area (Å²) in [6.45, 7) is -0.481. The quantitative estimate of drug-likeness (QED) is 0.505. The minimum atomic E-state index is -4.71. The molecule has 2 unspecified atom stereocenters. The van der Waals surface area contributed by atoms with Crippen molar-refractivity contribution in [3.63, 3.8) is 0 Å². The van der Waals surface area contributed by atoms with E-state index in [4.69, 9.17) is 9.47 Å². The lowest BCUT2D eigenvalue weighted by atomic mass is 9.97. The van der Waals surface area contributed by atoms with Crippen LogP contribution in [0.5, 0.6) is 0 Å². The number of carboxylic acids is 1. The molecule has 1 amide bonds. The second-order valence-electron chi connectivity index (χ2n) is 8.33. The van der Waals surface area contributed by atoms with Crippen molar-refractivity contribution in [2.75, 3.05) is 24.7 Å². The van der Waals surface area contributed by atoms with Gasteiger partial charge in [0.25, 0.3) is 5.91 Å². The van der Waals surface area contributed by atoms with Gasteiger partial charge in [0.1, 0.15) is 29.3 Å². The van der Waals surface area contributed by atoms with Crippen LogP contribution in [0.15, 0.2) is 28.7 Å². The standard InChI is InChI=1S/C23H20BrF5N2O5/c24-15-2-1-11(13-8-36-9-14(13)15)5-18(22(33)34)30-21(32)20-16(25)6-12(7-17(20)26)31-3-4-35-10-19(31)23(27,28)29/h1-2,6-7,18-19H,3-5,8-10H2,(H,30,32)(H,33,34). The normalized spacial score (nSPS) is 18.6. The minimum Gasteiger partial charge on any atom is -0.480 e. The van der Waals surface area contributed by atoms with Crippen molar-refractivity contribution in [1.29, 1.82) is 0 Å². The molecule has 0 aromatic heterocycles. The molecule has 2 aromatic carbocycles. The number of halogens is 6. The molecule has 194 valence electrons. The van der Waals surface area contributed by atoms with E-state index in [1.165, 1.54) is 0 Å². The highest BCUT2D eigenvalue weighted by Gasteiger charge is 2.46. The van der Waals surface area contributed by atoms with Gasteiger partial charge in [0.2, 0.25) is 0 Å². The lowest BCUT2D eigenvalue weighted by Crippen LogP contribution is -2.53. The highest BCUT2D eigenvalue weighted by molar-refractivity contribution is 9.10. The number of ether oxygens (including phenoxy) is 2. The Morgan fingerprint density at radius 3 is 2.44 bits per heavy atom. The number of hydrogen-bond donors (Lipinski definition) is 2. The van der Waals surface area contributed by atoms with E-state index in [0.717, 1.165) is 20.5 Å². The molecule has 2 aliphatic rings. The maximum Gasteiger partial charge on any atom is 0.411 e. The summed E-state index contributed by atoms with van der Waals surface area (Å²) in [6, 6.07) is 0.970. The number of fused-ring (bicyclic) bond motifs is 1. The number of carboxylic acid groups (broad SMARTS) is 1. The summed E-state index contributed by atoms with van der Waals surface area (Å²) in [5.74, 6) is -5.62. The van der Waals surface area contributed by atoms with Crippen molar-refractivity contribution in [2.24, 2.45) is 0 Å². The molecule has 0 radical (unpaired) electrons. The van der Waals surface area contributed by atoms with Crippen LogP contribution in [-0.2, 0) is 33.9 Å². The van der Waals surface area contributed by atoms with Gasteiger partial charge in [0.05, 0.1) is 26.4 Å². The Morgan fingerprint density at radius 1 is 1.14 bits per heavy atom. The van der Waals surface area contributed by atoms with Gasteiger partial charge in [-0.25, -0.2) is 13.6 Å². The SMILES string of the molecule is O=C(NC(Cc1ccc(Br)c2c1COC2)C(=O)O)c1c(F)cc(N2CCOCC2C(F)(F)F)cc1F. The van der Waals surface area contributed by atoms with E-state index in [9.17, 15) is 36.6 Å². The zero-order valence-electron chi connectivity index (χ0n) is 18.5. The summed E-state index contributed by atoms with van der Waals surface area (Å²) in [4.78, 5) is 25.3. The van der Waals surface area contributed by atoms with Gasteiger partial charge >= 0.3 is 12.1 Å². The first kappa shape index (κ1) is 26.3. The molecule has 4 rings (SSSR count). The lowest BCUT2D eigenvalue weighted by Gasteiger charge is -2.38. The molecule has 2 N–H and O–H groups in total. The van der Waals surface area contributed by atoms with E-state index in [1.54, 1.807) is 12.1 Å². The van der Waals surface area contributed by atoms with Crippen LogP contribution in [0.2, 0.25) is 0 Å². The van der Waals surface area contributed by atoms with E-state index in [0.29, 0.717) is 24.3 Å². The van der Waals surface area contributed by atoms with E-state index >= 15 is 0 Å². The number of carbonyl (C=O) groups excluding carboxylic acids is 1. The second kappa shape index (κ2) is 10.3. The largest absolute Gasteiger partial charge is 0.480 e. The zero-order chi connectivity index (χ0) is 26.2. The molecule has 1 fully saturated rings.